The first-order valence-electron chi connectivity index (χ1n) is 7.68. The molecule has 5 nitrogen and oxygen atoms in total. The zero-order chi connectivity index (χ0) is 14.7. The molecule has 0 amide bonds. The van der Waals surface area contributed by atoms with E-state index in [1.54, 1.807) is 0 Å². The van der Waals surface area contributed by atoms with E-state index in [-0.39, 0.29) is 0 Å². The normalized spacial score (nSPS) is 18.2. The van der Waals surface area contributed by atoms with Crippen molar-refractivity contribution < 1.29 is 4.74 Å². The Morgan fingerprint density at radius 3 is 2.86 bits per heavy atom. The monoisotopic (exact) mass is 288 g/mol. The van der Waals surface area contributed by atoms with Crippen LogP contribution in [-0.2, 0) is 18.3 Å². The first kappa shape index (κ1) is 14.5. The Bertz CT molecular complexity index is 589. The van der Waals surface area contributed by atoms with Crippen molar-refractivity contribution in [3.8, 4) is 0 Å². The number of benzene rings is 1. The summed E-state index contributed by atoms with van der Waals surface area (Å²) >= 11 is 0. The molecule has 1 unspecified atom stereocenters. The van der Waals surface area contributed by atoms with Crippen LogP contribution in [0.2, 0.25) is 0 Å². The molecule has 2 heterocycles. The highest BCUT2D eigenvalue weighted by atomic mass is 16.5. The van der Waals surface area contributed by atoms with Crippen LogP contribution in [0.15, 0.2) is 24.3 Å². The molecule has 1 saturated heterocycles. The van der Waals surface area contributed by atoms with E-state index in [1.165, 1.54) is 10.9 Å². The average molecular weight is 288 g/mol. The highest BCUT2D eigenvalue weighted by Gasteiger charge is 2.14. The first-order chi connectivity index (χ1) is 10.2. The van der Waals surface area contributed by atoms with Gasteiger partial charge in [0.15, 0.2) is 0 Å². The number of aromatic nitrogens is 2. The Hall–Kier alpha value is -1.43. The number of morpholine rings is 1. The number of hydrogen-bond donors (Lipinski definition) is 1. The van der Waals surface area contributed by atoms with E-state index in [0.717, 1.165) is 45.1 Å². The molecule has 0 saturated carbocycles. The van der Waals surface area contributed by atoms with Crippen LogP contribution in [0.3, 0.4) is 0 Å². The van der Waals surface area contributed by atoms with Crippen molar-refractivity contribution in [1.82, 2.24) is 20.0 Å². The molecule has 0 aliphatic carbocycles. The lowest BCUT2D eigenvalue weighted by Crippen LogP contribution is -2.44. The van der Waals surface area contributed by atoms with Crippen molar-refractivity contribution in [2.24, 2.45) is 7.05 Å². The fraction of sp³-hybridized carbons (Fsp3) is 0.562. The minimum Gasteiger partial charge on any atom is -0.379 e. The van der Waals surface area contributed by atoms with E-state index in [9.17, 15) is 0 Å². The molecule has 3 rings (SSSR count). The third-order valence-electron chi connectivity index (χ3n) is 4.09. The minimum absolute atomic E-state index is 0.448. The van der Waals surface area contributed by atoms with E-state index in [4.69, 9.17) is 4.74 Å². The van der Waals surface area contributed by atoms with Crippen molar-refractivity contribution >= 4 is 10.9 Å². The van der Waals surface area contributed by atoms with Crippen LogP contribution >= 0.6 is 0 Å². The van der Waals surface area contributed by atoms with Gasteiger partial charge in [0.2, 0.25) is 0 Å². The van der Waals surface area contributed by atoms with Crippen LogP contribution in [0.4, 0.5) is 0 Å². The van der Waals surface area contributed by atoms with Gasteiger partial charge < -0.3 is 10.1 Å². The second kappa shape index (κ2) is 6.56. The van der Waals surface area contributed by atoms with Crippen LogP contribution in [0.25, 0.3) is 10.9 Å². The predicted molar refractivity (Wildman–Crippen MR) is 84.3 cm³/mol. The second-order valence-corrected chi connectivity index (χ2v) is 5.78. The average Bonchev–Trinajstić information content (AvgIpc) is 2.83. The number of rotatable bonds is 5. The van der Waals surface area contributed by atoms with Crippen LogP contribution in [-0.4, -0.2) is 53.6 Å². The lowest BCUT2D eigenvalue weighted by molar-refractivity contribution is 0.0343. The van der Waals surface area contributed by atoms with Crippen molar-refractivity contribution in [3.05, 3.63) is 30.0 Å². The molecule has 1 aliphatic rings. The summed E-state index contributed by atoms with van der Waals surface area (Å²) in [6, 6.07) is 8.84. The Kier molecular flexibility index (Phi) is 4.53. The quantitative estimate of drug-likeness (QED) is 0.903. The molecule has 1 N–H and O–H groups in total. The summed E-state index contributed by atoms with van der Waals surface area (Å²) in [5, 5.41) is 9.46. The molecular weight excluding hydrogens is 264 g/mol. The molecule has 1 atom stereocenters. The number of hydrogen-bond acceptors (Lipinski definition) is 4. The summed E-state index contributed by atoms with van der Waals surface area (Å²) in [5.41, 5.74) is 2.32. The van der Waals surface area contributed by atoms with Crippen molar-refractivity contribution in [2.75, 3.05) is 32.8 Å². The van der Waals surface area contributed by atoms with Gasteiger partial charge >= 0.3 is 0 Å². The zero-order valence-corrected chi connectivity index (χ0v) is 12.9. The van der Waals surface area contributed by atoms with Gasteiger partial charge in [0.05, 0.1) is 24.4 Å². The highest BCUT2D eigenvalue weighted by Crippen LogP contribution is 2.17. The van der Waals surface area contributed by atoms with E-state index in [1.807, 2.05) is 11.7 Å². The Balaban J connectivity index is 1.58. The number of fused-ring (bicyclic) bond motifs is 1. The van der Waals surface area contributed by atoms with Gasteiger partial charge in [0.1, 0.15) is 0 Å². The fourth-order valence-electron chi connectivity index (χ4n) is 2.93. The molecule has 0 bridgehead atoms. The van der Waals surface area contributed by atoms with Gasteiger partial charge in [-0.15, -0.1) is 0 Å². The Labute approximate surface area is 125 Å². The van der Waals surface area contributed by atoms with Gasteiger partial charge in [-0.2, -0.15) is 5.10 Å². The predicted octanol–water partition coefficient (Wildman–Crippen LogP) is 1.38. The summed E-state index contributed by atoms with van der Waals surface area (Å²) in [6.07, 6.45) is 0. The van der Waals surface area contributed by atoms with Gasteiger partial charge in [0, 0.05) is 44.7 Å². The molecule has 5 heteroatoms. The molecule has 1 aliphatic heterocycles. The summed E-state index contributed by atoms with van der Waals surface area (Å²) in [4.78, 5) is 2.46. The van der Waals surface area contributed by atoms with Crippen molar-refractivity contribution in [2.45, 2.75) is 19.5 Å². The summed E-state index contributed by atoms with van der Waals surface area (Å²) in [7, 11) is 2.00. The molecule has 114 valence electrons. The Morgan fingerprint density at radius 2 is 2.05 bits per heavy atom. The van der Waals surface area contributed by atoms with Crippen molar-refractivity contribution in [3.63, 3.8) is 0 Å². The summed E-state index contributed by atoms with van der Waals surface area (Å²) in [6.45, 7) is 7.91. The number of aryl methyl sites for hydroxylation is 1. The summed E-state index contributed by atoms with van der Waals surface area (Å²) in [5.74, 6) is 0. The standard InChI is InChI=1S/C16H24N4O/c1-13(12-20-7-9-21-10-8-20)17-11-15-14-5-3-4-6-16(14)19(2)18-15/h3-6,13,17H,7-12H2,1-2H3. The van der Waals surface area contributed by atoms with Gasteiger partial charge in [-0.05, 0) is 13.0 Å². The fourth-order valence-corrected chi connectivity index (χ4v) is 2.93. The van der Waals surface area contributed by atoms with Crippen LogP contribution in [0.1, 0.15) is 12.6 Å². The van der Waals surface area contributed by atoms with E-state index in [0.29, 0.717) is 6.04 Å². The number of ether oxygens (including phenoxy) is 1. The molecule has 1 fully saturated rings. The Morgan fingerprint density at radius 1 is 1.29 bits per heavy atom. The maximum Gasteiger partial charge on any atom is 0.0841 e. The largest absolute Gasteiger partial charge is 0.379 e. The summed E-state index contributed by atoms with van der Waals surface area (Å²) < 4.78 is 7.34. The van der Waals surface area contributed by atoms with Gasteiger partial charge in [-0.25, -0.2) is 0 Å². The van der Waals surface area contributed by atoms with Crippen molar-refractivity contribution in [1.29, 1.82) is 0 Å². The smallest absolute Gasteiger partial charge is 0.0841 e. The maximum absolute atomic E-state index is 5.39. The molecular formula is C16H24N4O. The number of para-hydroxylation sites is 1. The number of nitrogens with zero attached hydrogens (tertiary/aromatic N) is 3. The van der Waals surface area contributed by atoms with E-state index >= 15 is 0 Å². The minimum atomic E-state index is 0.448. The highest BCUT2D eigenvalue weighted by molar-refractivity contribution is 5.81. The molecule has 2 aromatic rings. The van der Waals surface area contributed by atoms with Crippen LogP contribution < -0.4 is 5.32 Å². The SMILES string of the molecule is CC(CN1CCOCC1)NCc1nn(C)c2ccccc12. The zero-order valence-electron chi connectivity index (χ0n) is 12.9. The van der Waals surface area contributed by atoms with Crippen LogP contribution in [0, 0.1) is 0 Å². The van der Waals surface area contributed by atoms with Gasteiger partial charge in [-0.1, -0.05) is 18.2 Å². The third kappa shape index (κ3) is 3.43. The van der Waals surface area contributed by atoms with E-state index < -0.39 is 0 Å². The third-order valence-corrected chi connectivity index (χ3v) is 4.09. The molecule has 1 aromatic carbocycles. The lowest BCUT2D eigenvalue weighted by atomic mass is 10.2. The maximum atomic E-state index is 5.39. The molecule has 0 spiro atoms. The lowest BCUT2D eigenvalue weighted by Gasteiger charge is -2.29. The molecule has 1 aromatic heterocycles. The first-order valence-corrected chi connectivity index (χ1v) is 7.68. The molecule has 0 radical (unpaired) electrons. The number of nitrogens with one attached hydrogen (secondary N) is 1. The second-order valence-electron chi connectivity index (χ2n) is 5.78. The topological polar surface area (TPSA) is 42.3 Å². The van der Waals surface area contributed by atoms with Gasteiger partial charge in [-0.3, -0.25) is 9.58 Å². The van der Waals surface area contributed by atoms with Crippen LogP contribution in [0.5, 0.6) is 0 Å². The van der Waals surface area contributed by atoms with E-state index in [2.05, 4.69) is 46.5 Å². The molecule has 21 heavy (non-hydrogen) atoms. The van der Waals surface area contributed by atoms with Gasteiger partial charge in [0.25, 0.3) is 0 Å².